The molecule has 1 aromatic heterocycles. The molecule has 3 rings (SSSR count). The Kier molecular flexibility index (Phi) is 9.34. The highest BCUT2D eigenvalue weighted by Gasteiger charge is 2.20. The highest BCUT2D eigenvalue weighted by molar-refractivity contribution is 5.83. The summed E-state index contributed by atoms with van der Waals surface area (Å²) in [6.07, 6.45) is 5.11. The molecule has 1 saturated heterocycles. The SMILES string of the molecule is C=C(CC)C(=C)/C(C)=C(\C)NC(C)=Nc1nc(Cc2ccc(C)cc2)cc(N2CCC(C=N)CC2)n1. The molecule has 0 unspecified atom stereocenters. The van der Waals surface area contributed by atoms with Gasteiger partial charge in [-0.25, -0.2) is 4.98 Å². The van der Waals surface area contributed by atoms with E-state index in [1.807, 2.05) is 20.8 Å². The van der Waals surface area contributed by atoms with Crippen LogP contribution in [0, 0.1) is 18.3 Å². The normalized spacial score (nSPS) is 15.4. The third-order valence-electron chi connectivity index (χ3n) is 6.86. The molecule has 0 spiro atoms. The van der Waals surface area contributed by atoms with Gasteiger partial charge in [0, 0.05) is 31.3 Å². The number of hydrogen-bond donors (Lipinski definition) is 2. The van der Waals surface area contributed by atoms with Gasteiger partial charge in [-0.15, -0.1) is 0 Å². The van der Waals surface area contributed by atoms with Gasteiger partial charge >= 0.3 is 0 Å². The quantitative estimate of drug-likeness (QED) is 0.236. The van der Waals surface area contributed by atoms with E-state index in [1.165, 1.54) is 11.1 Å². The topological polar surface area (TPSA) is 77.3 Å². The lowest BCUT2D eigenvalue weighted by molar-refractivity contribution is 0.504. The van der Waals surface area contributed by atoms with Crippen molar-refractivity contribution in [1.29, 1.82) is 5.41 Å². The van der Waals surface area contributed by atoms with Crippen LogP contribution in [0.25, 0.3) is 0 Å². The van der Waals surface area contributed by atoms with Crippen molar-refractivity contribution in [3.05, 3.63) is 82.7 Å². The number of aromatic nitrogens is 2. The van der Waals surface area contributed by atoms with Gasteiger partial charge in [-0.1, -0.05) is 49.9 Å². The maximum Gasteiger partial charge on any atom is 0.253 e. The molecule has 2 N–H and O–H groups in total. The van der Waals surface area contributed by atoms with Gasteiger partial charge in [-0.05, 0) is 81.4 Å². The molecule has 190 valence electrons. The maximum atomic E-state index is 7.59. The number of nitrogens with one attached hydrogen (secondary N) is 2. The minimum absolute atomic E-state index is 0.357. The molecular formula is C30H40N6. The van der Waals surface area contributed by atoms with E-state index in [9.17, 15) is 0 Å². The van der Waals surface area contributed by atoms with E-state index in [4.69, 9.17) is 20.4 Å². The van der Waals surface area contributed by atoms with Gasteiger partial charge < -0.3 is 15.6 Å². The third kappa shape index (κ3) is 7.23. The second-order valence-electron chi connectivity index (χ2n) is 9.68. The van der Waals surface area contributed by atoms with E-state index >= 15 is 0 Å². The van der Waals surface area contributed by atoms with Crippen molar-refractivity contribution in [3.63, 3.8) is 0 Å². The van der Waals surface area contributed by atoms with Crippen LogP contribution < -0.4 is 10.2 Å². The van der Waals surface area contributed by atoms with Crippen molar-refractivity contribution in [2.75, 3.05) is 18.0 Å². The molecule has 0 saturated carbocycles. The summed E-state index contributed by atoms with van der Waals surface area (Å²) < 4.78 is 0. The summed E-state index contributed by atoms with van der Waals surface area (Å²) in [6.45, 7) is 20.2. The number of benzene rings is 1. The van der Waals surface area contributed by atoms with E-state index in [0.29, 0.717) is 11.9 Å². The summed E-state index contributed by atoms with van der Waals surface area (Å²) in [5.41, 5.74) is 7.45. The number of nitrogens with zero attached hydrogens (tertiary/aromatic N) is 4. The molecule has 1 aliphatic rings. The Labute approximate surface area is 216 Å². The number of aliphatic imine (C=N–C) groups is 1. The molecule has 6 heteroatoms. The Hall–Kier alpha value is -3.54. The number of rotatable bonds is 9. The third-order valence-corrected chi connectivity index (χ3v) is 6.86. The number of anilines is 1. The van der Waals surface area contributed by atoms with Crippen LogP contribution >= 0.6 is 0 Å². The number of piperidine rings is 1. The predicted molar refractivity (Wildman–Crippen MR) is 153 cm³/mol. The van der Waals surface area contributed by atoms with Crippen LogP contribution in [-0.4, -0.2) is 35.1 Å². The van der Waals surface area contributed by atoms with Gasteiger partial charge in [0.15, 0.2) is 0 Å². The summed E-state index contributed by atoms with van der Waals surface area (Å²) in [5.74, 6) is 2.44. The van der Waals surface area contributed by atoms with Gasteiger partial charge in [0.1, 0.15) is 11.7 Å². The summed E-state index contributed by atoms with van der Waals surface area (Å²) in [5, 5.41) is 11.0. The van der Waals surface area contributed by atoms with Crippen LogP contribution in [0.5, 0.6) is 0 Å². The van der Waals surface area contributed by atoms with Crippen LogP contribution in [0.4, 0.5) is 11.8 Å². The summed E-state index contributed by atoms with van der Waals surface area (Å²) in [4.78, 5) is 16.6. The lowest BCUT2D eigenvalue weighted by atomic mass is 9.98. The van der Waals surface area contributed by atoms with E-state index in [1.54, 1.807) is 6.21 Å². The molecule has 2 aromatic rings. The van der Waals surface area contributed by atoms with Crippen molar-refractivity contribution in [2.24, 2.45) is 10.9 Å². The zero-order valence-corrected chi connectivity index (χ0v) is 22.5. The van der Waals surface area contributed by atoms with Crippen LogP contribution in [0.2, 0.25) is 0 Å². The first kappa shape index (κ1) is 27.1. The van der Waals surface area contributed by atoms with Crippen LogP contribution in [-0.2, 0) is 6.42 Å². The Morgan fingerprint density at radius 1 is 1.14 bits per heavy atom. The molecule has 0 aliphatic carbocycles. The average Bonchev–Trinajstić information content (AvgIpc) is 2.88. The highest BCUT2D eigenvalue weighted by Crippen LogP contribution is 2.25. The second-order valence-corrected chi connectivity index (χ2v) is 9.68. The molecule has 1 aliphatic heterocycles. The predicted octanol–water partition coefficient (Wildman–Crippen LogP) is 6.70. The Morgan fingerprint density at radius 3 is 2.42 bits per heavy atom. The van der Waals surface area contributed by atoms with Crippen molar-refractivity contribution in [1.82, 2.24) is 15.3 Å². The van der Waals surface area contributed by atoms with Gasteiger partial charge in [0.05, 0.1) is 5.69 Å². The summed E-state index contributed by atoms with van der Waals surface area (Å²) >= 11 is 0. The monoisotopic (exact) mass is 484 g/mol. The smallest absolute Gasteiger partial charge is 0.253 e. The first-order chi connectivity index (χ1) is 17.2. The molecule has 0 radical (unpaired) electrons. The first-order valence-corrected chi connectivity index (χ1v) is 12.8. The van der Waals surface area contributed by atoms with E-state index < -0.39 is 0 Å². The number of allylic oxidation sites excluding steroid dienone is 4. The highest BCUT2D eigenvalue weighted by atomic mass is 15.2. The Bertz CT molecular complexity index is 1160. The van der Waals surface area contributed by atoms with E-state index in [-0.39, 0.29) is 0 Å². The van der Waals surface area contributed by atoms with Gasteiger partial charge in [-0.3, -0.25) is 0 Å². The molecule has 0 bridgehead atoms. The fraction of sp³-hybridized carbons (Fsp3) is 0.400. The van der Waals surface area contributed by atoms with Crippen molar-refractivity contribution in [2.45, 2.75) is 60.3 Å². The summed E-state index contributed by atoms with van der Waals surface area (Å²) in [7, 11) is 0. The van der Waals surface area contributed by atoms with Crippen LogP contribution in [0.3, 0.4) is 0 Å². The minimum Gasteiger partial charge on any atom is -0.356 e. The standard InChI is InChI=1S/C30H40N6/c1-8-21(3)22(4)23(5)24(6)32-25(7)33-30-34-28(17-26-11-9-20(2)10-12-26)18-29(35-30)36-15-13-27(19-31)14-16-36/h9-12,18-19,27,31H,3-4,8,13-17H2,1-2,5-7H3,(H,32,33,34,35)/b24-23+,31-19?. The Morgan fingerprint density at radius 2 is 1.81 bits per heavy atom. The minimum atomic E-state index is 0.357. The molecule has 0 atom stereocenters. The zero-order chi connectivity index (χ0) is 26.2. The van der Waals surface area contributed by atoms with Crippen molar-refractivity contribution in [3.8, 4) is 0 Å². The molecule has 6 nitrogen and oxygen atoms in total. The zero-order valence-electron chi connectivity index (χ0n) is 22.5. The number of hydrogen-bond acceptors (Lipinski definition) is 5. The fourth-order valence-electron chi connectivity index (χ4n) is 4.23. The molecule has 1 fully saturated rings. The lowest BCUT2D eigenvalue weighted by Gasteiger charge is -2.31. The number of amidine groups is 1. The molecule has 2 heterocycles. The fourth-order valence-corrected chi connectivity index (χ4v) is 4.23. The lowest BCUT2D eigenvalue weighted by Crippen LogP contribution is -2.34. The molecule has 0 amide bonds. The van der Waals surface area contributed by atoms with E-state index in [0.717, 1.165) is 78.5 Å². The summed E-state index contributed by atoms with van der Waals surface area (Å²) in [6, 6.07) is 10.6. The van der Waals surface area contributed by atoms with Crippen LogP contribution in [0.1, 0.15) is 63.8 Å². The van der Waals surface area contributed by atoms with Gasteiger partial charge in [0.25, 0.3) is 5.95 Å². The maximum absolute atomic E-state index is 7.59. The second kappa shape index (κ2) is 12.4. The van der Waals surface area contributed by atoms with Crippen molar-refractivity contribution >= 4 is 23.8 Å². The number of aryl methyl sites for hydroxylation is 1. The van der Waals surface area contributed by atoms with Gasteiger partial charge in [-0.2, -0.15) is 9.98 Å². The van der Waals surface area contributed by atoms with Crippen molar-refractivity contribution < 1.29 is 0 Å². The first-order valence-electron chi connectivity index (χ1n) is 12.8. The molecule has 36 heavy (non-hydrogen) atoms. The van der Waals surface area contributed by atoms with E-state index in [2.05, 4.69) is 67.6 Å². The average molecular weight is 485 g/mol. The Balaban J connectivity index is 1.89. The van der Waals surface area contributed by atoms with Gasteiger partial charge in [0.2, 0.25) is 0 Å². The van der Waals surface area contributed by atoms with Crippen LogP contribution in [0.15, 0.2) is 70.9 Å². The molecule has 1 aromatic carbocycles. The largest absolute Gasteiger partial charge is 0.356 e. The molecular weight excluding hydrogens is 444 g/mol.